The molecule has 0 aliphatic carbocycles. The smallest absolute Gasteiger partial charge is 0.277 e. The van der Waals surface area contributed by atoms with Crippen molar-refractivity contribution in [1.82, 2.24) is 10.2 Å². The first-order valence-corrected chi connectivity index (χ1v) is 9.45. The third kappa shape index (κ3) is 3.91. The fraction of sp³-hybridized carbons (Fsp3) is 0.188. The van der Waals surface area contributed by atoms with Gasteiger partial charge in [-0.2, -0.15) is 0 Å². The largest absolute Gasteiger partial charge is 0.411 e. The van der Waals surface area contributed by atoms with Crippen LogP contribution in [0.3, 0.4) is 0 Å². The molecule has 4 nitrogen and oxygen atoms in total. The van der Waals surface area contributed by atoms with Crippen molar-refractivity contribution >= 4 is 44.8 Å². The zero-order valence-electron chi connectivity index (χ0n) is 12.5. The molecule has 23 heavy (non-hydrogen) atoms. The van der Waals surface area contributed by atoms with Crippen molar-refractivity contribution in [3.8, 4) is 11.5 Å². The molecule has 0 saturated heterocycles. The number of benzene rings is 1. The summed E-state index contributed by atoms with van der Waals surface area (Å²) in [7, 11) is 0. The number of halogens is 1. The molecule has 0 spiro atoms. The Kier molecular flexibility index (Phi) is 4.99. The molecule has 2 heterocycles. The van der Waals surface area contributed by atoms with E-state index in [1.54, 1.807) is 11.3 Å². The molecule has 0 atom stereocenters. The van der Waals surface area contributed by atoms with Gasteiger partial charge in [-0.25, -0.2) is 0 Å². The quantitative estimate of drug-likeness (QED) is 0.431. The molecule has 0 fully saturated rings. The lowest BCUT2D eigenvalue weighted by Gasteiger charge is -1.97. The lowest BCUT2D eigenvalue weighted by molar-refractivity contribution is 0.102. The van der Waals surface area contributed by atoms with E-state index in [2.05, 4.69) is 26.1 Å². The topological polar surface area (TPSA) is 56.0 Å². The minimum Gasteiger partial charge on any atom is -0.411 e. The van der Waals surface area contributed by atoms with Crippen molar-refractivity contribution < 1.29 is 9.21 Å². The van der Waals surface area contributed by atoms with E-state index in [-0.39, 0.29) is 11.5 Å². The lowest BCUT2D eigenvalue weighted by Crippen LogP contribution is -2.02. The van der Waals surface area contributed by atoms with E-state index < -0.39 is 0 Å². The summed E-state index contributed by atoms with van der Waals surface area (Å²) in [6.07, 6.45) is 0. The van der Waals surface area contributed by atoms with Gasteiger partial charge in [0.1, 0.15) is 0 Å². The second kappa shape index (κ2) is 6.98. The van der Waals surface area contributed by atoms with Gasteiger partial charge in [0.15, 0.2) is 5.78 Å². The molecule has 0 bridgehead atoms. The number of carbonyl (C=O) groups is 1. The molecule has 0 saturated carbocycles. The molecule has 3 rings (SSSR count). The Hall–Kier alpha value is -1.44. The SMILES string of the molecule is Cc1cc(C(=O)CSc2nnc(-c3cccc(Br)c3)o2)c(C)s1. The third-order valence-electron chi connectivity index (χ3n) is 3.15. The van der Waals surface area contributed by atoms with E-state index in [0.29, 0.717) is 11.1 Å². The van der Waals surface area contributed by atoms with E-state index in [9.17, 15) is 4.79 Å². The van der Waals surface area contributed by atoms with E-state index in [0.717, 1.165) is 25.4 Å². The molecule has 7 heteroatoms. The average Bonchev–Trinajstić information content (AvgIpc) is 3.11. The highest BCUT2D eigenvalue weighted by Crippen LogP contribution is 2.27. The van der Waals surface area contributed by atoms with Gasteiger partial charge in [-0.3, -0.25) is 4.79 Å². The van der Waals surface area contributed by atoms with Crippen LogP contribution in [0.25, 0.3) is 11.5 Å². The highest BCUT2D eigenvalue weighted by Gasteiger charge is 2.15. The van der Waals surface area contributed by atoms with Crippen molar-refractivity contribution in [1.29, 1.82) is 0 Å². The summed E-state index contributed by atoms with van der Waals surface area (Å²) in [4.78, 5) is 14.5. The fourth-order valence-electron chi connectivity index (χ4n) is 2.12. The number of Topliss-reactive ketones (excluding diaryl/α,β-unsaturated/α-hetero) is 1. The van der Waals surface area contributed by atoms with Crippen LogP contribution in [0.5, 0.6) is 0 Å². The molecule has 2 aromatic heterocycles. The second-order valence-electron chi connectivity index (χ2n) is 4.92. The highest BCUT2D eigenvalue weighted by atomic mass is 79.9. The number of thioether (sulfide) groups is 1. The van der Waals surface area contributed by atoms with Gasteiger partial charge in [0.05, 0.1) is 5.75 Å². The number of aromatic nitrogens is 2. The summed E-state index contributed by atoms with van der Waals surface area (Å²) in [5, 5.41) is 8.43. The van der Waals surface area contributed by atoms with Crippen LogP contribution in [-0.4, -0.2) is 21.7 Å². The van der Waals surface area contributed by atoms with Crippen LogP contribution in [0.2, 0.25) is 0 Å². The number of hydrogen-bond acceptors (Lipinski definition) is 6. The van der Waals surface area contributed by atoms with Crippen molar-refractivity contribution in [2.75, 3.05) is 5.75 Å². The maximum absolute atomic E-state index is 12.3. The standard InChI is InChI=1S/C16H13BrN2O2S2/c1-9-6-13(10(2)23-9)14(20)8-22-16-19-18-15(21-16)11-4-3-5-12(17)7-11/h3-7H,8H2,1-2H3. The number of rotatable bonds is 5. The van der Waals surface area contributed by atoms with E-state index >= 15 is 0 Å². The van der Waals surface area contributed by atoms with Crippen LogP contribution < -0.4 is 0 Å². The first-order chi connectivity index (χ1) is 11.0. The molecule has 0 N–H and O–H groups in total. The number of hydrogen-bond donors (Lipinski definition) is 0. The summed E-state index contributed by atoms with van der Waals surface area (Å²) >= 11 is 6.31. The second-order valence-corrected chi connectivity index (χ2v) is 8.22. The van der Waals surface area contributed by atoms with E-state index in [1.807, 2.05) is 44.2 Å². The molecular weight excluding hydrogens is 396 g/mol. The summed E-state index contributed by atoms with van der Waals surface area (Å²) in [5.41, 5.74) is 1.63. The summed E-state index contributed by atoms with van der Waals surface area (Å²) in [5.74, 6) is 0.819. The van der Waals surface area contributed by atoms with Crippen LogP contribution in [0.4, 0.5) is 0 Å². The maximum Gasteiger partial charge on any atom is 0.277 e. The Morgan fingerprint density at radius 3 is 2.83 bits per heavy atom. The van der Waals surface area contributed by atoms with Crippen molar-refractivity contribution in [3.05, 3.63) is 50.1 Å². The van der Waals surface area contributed by atoms with Crippen LogP contribution in [-0.2, 0) is 0 Å². The molecule has 118 valence electrons. The summed E-state index contributed by atoms with van der Waals surface area (Å²) in [6.45, 7) is 3.97. The maximum atomic E-state index is 12.3. The van der Waals surface area contributed by atoms with Crippen LogP contribution in [0.15, 0.2) is 44.4 Å². The zero-order valence-corrected chi connectivity index (χ0v) is 15.7. The molecule has 0 aliphatic rings. The van der Waals surface area contributed by atoms with Gasteiger partial charge < -0.3 is 4.42 Å². The number of thiophene rings is 1. The van der Waals surface area contributed by atoms with E-state index in [1.165, 1.54) is 11.8 Å². The number of aryl methyl sites for hydroxylation is 2. The van der Waals surface area contributed by atoms with E-state index in [4.69, 9.17) is 4.42 Å². The van der Waals surface area contributed by atoms with Gasteiger partial charge in [0.25, 0.3) is 5.22 Å². The molecule has 1 aromatic carbocycles. The van der Waals surface area contributed by atoms with Gasteiger partial charge in [-0.1, -0.05) is 33.8 Å². The monoisotopic (exact) mass is 408 g/mol. The normalized spacial score (nSPS) is 10.9. The van der Waals surface area contributed by atoms with Crippen molar-refractivity contribution in [2.45, 2.75) is 19.1 Å². The average molecular weight is 409 g/mol. The van der Waals surface area contributed by atoms with Gasteiger partial charge >= 0.3 is 0 Å². The van der Waals surface area contributed by atoms with Gasteiger partial charge in [-0.05, 0) is 38.1 Å². The lowest BCUT2D eigenvalue weighted by atomic mass is 10.2. The minimum atomic E-state index is 0.0825. The third-order valence-corrected chi connectivity index (χ3v) is 5.42. The fourth-order valence-corrected chi connectivity index (χ4v) is 4.11. The Morgan fingerprint density at radius 1 is 1.30 bits per heavy atom. The minimum absolute atomic E-state index is 0.0825. The Labute approximate surface area is 150 Å². The number of ketones is 1. The molecule has 0 unspecified atom stereocenters. The van der Waals surface area contributed by atoms with Gasteiger partial charge in [0.2, 0.25) is 5.89 Å². The molecule has 0 radical (unpaired) electrons. The first kappa shape index (κ1) is 16.4. The number of nitrogens with zero attached hydrogens (tertiary/aromatic N) is 2. The highest BCUT2D eigenvalue weighted by molar-refractivity contribution is 9.10. The zero-order chi connectivity index (χ0) is 16.4. The van der Waals surface area contributed by atoms with Crippen LogP contribution in [0, 0.1) is 13.8 Å². The predicted octanol–water partition coefficient (Wildman–Crippen LogP) is 5.15. The molecule has 0 aliphatic heterocycles. The Morgan fingerprint density at radius 2 is 2.13 bits per heavy atom. The van der Waals surface area contributed by atoms with Gasteiger partial charge in [0, 0.05) is 25.4 Å². The number of carbonyl (C=O) groups excluding carboxylic acids is 1. The first-order valence-electron chi connectivity index (χ1n) is 6.85. The Bertz CT molecular complexity index is 857. The van der Waals surface area contributed by atoms with Gasteiger partial charge in [-0.15, -0.1) is 21.5 Å². The van der Waals surface area contributed by atoms with Crippen molar-refractivity contribution in [3.63, 3.8) is 0 Å². The van der Waals surface area contributed by atoms with Crippen molar-refractivity contribution in [2.24, 2.45) is 0 Å². The Balaban J connectivity index is 1.68. The van der Waals surface area contributed by atoms with Crippen LogP contribution >= 0.6 is 39.0 Å². The molecule has 0 amide bonds. The summed E-state index contributed by atoms with van der Waals surface area (Å²) in [6, 6.07) is 9.57. The summed E-state index contributed by atoms with van der Waals surface area (Å²) < 4.78 is 6.56. The molecule has 3 aromatic rings. The van der Waals surface area contributed by atoms with Crippen LogP contribution in [0.1, 0.15) is 20.1 Å². The predicted molar refractivity (Wildman–Crippen MR) is 96.3 cm³/mol. The molecular formula is C16H13BrN2O2S2.